The van der Waals surface area contributed by atoms with Gasteiger partial charge in [0.25, 0.3) is 0 Å². The van der Waals surface area contributed by atoms with Gasteiger partial charge in [0.15, 0.2) is 0 Å². The number of para-hydroxylation sites is 1. The molecule has 0 radical (unpaired) electrons. The Kier molecular flexibility index (Phi) is 4.69. The van der Waals surface area contributed by atoms with Crippen LogP contribution in [0.3, 0.4) is 0 Å². The normalized spacial score (nSPS) is 10.8. The second-order valence-corrected chi connectivity index (χ2v) is 4.98. The van der Waals surface area contributed by atoms with Crippen LogP contribution in [0, 0.1) is 11.6 Å². The molecule has 0 amide bonds. The fourth-order valence-electron chi connectivity index (χ4n) is 2.03. The molecule has 0 spiro atoms. The first kappa shape index (κ1) is 14.5. The minimum atomic E-state index is -0.556. The highest BCUT2D eigenvalue weighted by Gasteiger charge is 2.06. The Bertz CT molecular complexity index is 582. The lowest BCUT2D eigenvalue weighted by Crippen LogP contribution is -2.13. The summed E-state index contributed by atoms with van der Waals surface area (Å²) in [5.41, 5.74) is 2.55. The fourth-order valence-corrected chi connectivity index (χ4v) is 2.03. The monoisotopic (exact) mass is 276 g/mol. The molecule has 1 N–H and O–H groups in total. The van der Waals surface area contributed by atoms with Crippen molar-refractivity contribution in [3.8, 4) is 0 Å². The molecule has 0 aliphatic carbocycles. The van der Waals surface area contributed by atoms with Crippen LogP contribution >= 0.6 is 0 Å². The van der Waals surface area contributed by atoms with Crippen LogP contribution in [0.2, 0.25) is 0 Å². The molecule has 0 heterocycles. The van der Waals surface area contributed by atoms with Crippen molar-refractivity contribution in [3.63, 3.8) is 0 Å². The average Bonchev–Trinajstić information content (AvgIpc) is 2.39. The number of hydrogen-bond donors (Lipinski definition) is 1. The molecule has 0 unspecified atom stereocenters. The molecule has 0 fully saturated rings. The zero-order chi connectivity index (χ0) is 14.5. The van der Waals surface area contributed by atoms with Crippen LogP contribution in [0.15, 0.2) is 42.5 Å². The van der Waals surface area contributed by atoms with Crippen molar-refractivity contribution in [1.82, 2.24) is 4.90 Å². The Labute approximate surface area is 118 Å². The molecule has 0 atom stereocenters. The van der Waals surface area contributed by atoms with Gasteiger partial charge in [-0.3, -0.25) is 0 Å². The number of rotatable bonds is 5. The molecule has 106 valence electrons. The molecule has 0 bridgehead atoms. The predicted molar refractivity (Wildman–Crippen MR) is 77.5 cm³/mol. The van der Waals surface area contributed by atoms with Gasteiger partial charge >= 0.3 is 0 Å². The first-order valence-corrected chi connectivity index (χ1v) is 6.46. The lowest BCUT2D eigenvalue weighted by molar-refractivity contribution is 0.403. The summed E-state index contributed by atoms with van der Waals surface area (Å²) in [7, 11) is 3.99. The molecule has 2 aromatic carbocycles. The summed E-state index contributed by atoms with van der Waals surface area (Å²) in [5.74, 6) is -1.08. The number of nitrogens with one attached hydrogen (secondary N) is 1. The van der Waals surface area contributed by atoms with Gasteiger partial charge < -0.3 is 10.2 Å². The van der Waals surface area contributed by atoms with E-state index < -0.39 is 11.6 Å². The van der Waals surface area contributed by atoms with Crippen molar-refractivity contribution in [2.24, 2.45) is 0 Å². The van der Waals surface area contributed by atoms with E-state index >= 15 is 0 Å². The number of halogens is 2. The van der Waals surface area contributed by atoms with E-state index in [0.717, 1.165) is 23.9 Å². The number of anilines is 1. The zero-order valence-electron chi connectivity index (χ0n) is 11.7. The van der Waals surface area contributed by atoms with E-state index in [-0.39, 0.29) is 0 Å². The highest BCUT2D eigenvalue weighted by Crippen LogP contribution is 2.18. The summed E-state index contributed by atoms with van der Waals surface area (Å²) in [5, 5.41) is 3.21. The largest absolute Gasteiger partial charge is 0.381 e. The maximum absolute atomic E-state index is 13.6. The van der Waals surface area contributed by atoms with Gasteiger partial charge in [-0.25, -0.2) is 8.78 Å². The molecule has 0 aromatic heterocycles. The molecule has 2 nitrogen and oxygen atoms in total. The van der Waals surface area contributed by atoms with Crippen molar-refractivity contribution in [3.05, 3.63) is 65.2 Å². The smallest absolute Gasteiger partial charge is 0.131 e. The van der Waals surface area contributed by atoms with Crippen LogP contribution in [-0.2, 0) is 13.1 Å². The summed E-state index contributed by atoms with van der Waals surface area (Å²) < 4.78 is 26.4. The van der Waals surface area contributed by atoms with Crippen LogP contribution in [0.5, 0.6) is 0 Å². The molecule has 0 saturated carbocycles. The molecule has 4 heteroatoms. The topological polar surface area (TPSA) is 15.3 Å². The molecule has 20 heavy (non-hydrogen) atoms. The molecule has 0 saturated heterocycles. The molecule has 0 aliphatic heterocycles. The van der Waals surface area contributed by atoms with Gasteiger partial charge in [0.05, 0.1) is 0 Å². The van der Waals surface area contributed by atoms with E-state index in [0.29, 0.717) is 12.1 Å². The number of hydrogen-bond acceptors (Lipinski definition) is 2. The van der Waals surface area contributed by atoms with E-state index in [1.165, 1.54) is 12.1 Å². The van der Waals surface area contributed by atoms with E-state index in [1.54, 1.807) is 0 Å². The maximum atomic E-state index is 13.6. The van der Waals surface area contributed by atoms with Crippen LogP contribution in [0.4, 0.5) is 14.5 Å². The Morgan fingerprint density at radius 3 is 2.45 bits per heavy atom. The van der Waals surface area contributed by atoms with E-state index in [9.17, 15) is 8.78 Å². The van der Waals surface area contributed by atoms with Crippen molar-refractivity contribution in [2.45, 2.75) is 13.1 Å². The Morgan fingerprint density at radius 2 is 1.75 bits per heavy atom. The van der Waals surface area contributed by atoms with E-state index in [1.807, 2.05) is 38.4 Å². The van der Waals surface area contributed by atoms with Crippen LogP contribution in [-0.4, -0.2) is 19.0 Å². The second kappa shape index (κ2) is 6.48. The van der Waals surface area contributed by atoms with E-state index in [4.69, 9.17) is 0 Å². The first-order chi connectivity index (χ1) is 9.56. The third-order valence-electron chi connectivity index (χ3n) is 2.99. The van der Waals surface area contributed by atoms with Crippen molar-refractivity contribution < 1.29 is 8.78 Å². The lowest BCUT2D eigenvalue weighted by atomic mass is 10.1. The van der Waals surface area contributed by atoms with E-state index in [2.05, 4.69) is 10.2 Å². The summed E-state index contributed by atoms with van der Waals surface area (Å²) in [6.45, 7) is 1.13. The molecular weight excluding hydrogens is 258 g/mol. The molecular formula is C16H18F2N2. The average molecular weight is 276 g/mol. The van der Waals surface area contributed by atoms with Gasteiger partial charge in [0, 0.05) is 30.4 Å². The van der Waals surface area contributed by atoms with Gasteiger partial charge in [0.1, 0.15) is 11.6 Å². The second-order valence-electron chi connectivity index (χ2n) is 4.98. The zero-order valence-corrected chi connectivity index (χ0v) is 11.7. The summed E-state index contributed by atoms with van der Waals surface area (Å²) >= 11 is 0. The summed E-state index contributed by atoms with van der Waals surface area (Å²) in [6, 6.07) is 11.5. The summed E-state index contributed by atoms with van der Waals surface area (Å²) in [6.07, 6.45) is 0. The van der Waals surface area contributed by atoms with Crippen LogP contribution in [0.25, 0.3) is 0 Å². The van der Waals surface area contributed by atoms with Gasteiger partial charge in [-0.2, -0.15) is 0 Å². The summed E-state index contributed by atoms with van der Waals surface area (Å²) in [4.78, 5) is 2.07. The van der Waals surface area contributed by atoms with Crippen LogP contribution < -0.4 is 5.32 Å². The van der Waals surface area contributed by atoms with Crippen LogP contribution in [0.1, 0.15) is 11.1 Å². The van der Waals surface area contributed by atoms with Gasteiger partial charge in [0.2, 0.25) is 0 Å². The Hall–Kier alpha value is -1.94. The van der Waals surface area contributed by atoms with Gasteiger partial charge in [-0.05, 0) is 31.8 Å². The van der Waals surface area contributed by atoms with Crippen molar-refractivity contribution >= 4 is 5.69 Å². The minimum absolute atomic E-state index is 0.330. The SMILES string of the molecule is CN(C)Cc1ccccc1NCc1ccc(F)cc1F. The first-order valence-electron chi connectivity index (χ1n) is 6.46. The minimum Gasteiger partial charge on any atom is -0.381 e. The molecule has 0 aliphatic rings. The van der Waals surface area contributed by atoms with Crippen molar-refractivity contribution in [1.29, 1.82) is 0 Å². The van der Waals surface area contributed by atoms with Gasteiger partial charge in [-0.15, -0.1) is 0 Å². The maximum Gasteiger partial charge on any atom is 0.131 e. The van der Waals surface area contributed by atoms with Gasteiger partial charge in [-0.1, -0.05) is 24.3 Å². The number of benzene rings is 2. The third kappa shape index (κ3) is 3.78. The standard InChI is InChI=1S/C16H18F2N2/c1-20(2)11-13-5-3-4-6-16(13)19-10-12-7-8-14(17)9-15(12)18/h3-9,19H,10-11H2,1-2H3. The van der Waals surface area contributed by atoms with Crippen molar-refractivity contribution in [2.75, 3.05) is 19.4 Å². The molecule has 2 aromatic rings. The lowest BCUT2D eigenvalue weighted by Gasteiger charge is -2.15. The predicted octanol–water partition coefficient (Wildman–Crippen LogP) is 3.64. The number of nitrogens with zero attached hydrogens (tertiary/aromatic N) is 1. The highest BCUT2D eigenvalue weighted by molar-refractivity contribution is 5.51. The Balaban J connectivity index is 2.10. The third-order valence-corrected chi connectivity index (χ3v) is 2.99. The Morgan fingerprint density at radius 1 is 1.00 bits per heavy atom. The fraction of sp³-hybridized carbons (Fsp3) is 0.250. The quantitative estimate of drug-likeness (QED) is 0.897. The molecule has 2 rings (SSSR count). The highest BCUT2D eigenvalue weighted by atomic mass is 19.1.